The van der Waals surface area contributed by atoms with Gasteiger partial charge in [0, 0.05) is 22.5 Å². The van der Waals surface area contributed by atoms with E-state index in [1.807, 2.05) is 12.1 Å². The lowest BCUT2D eigenvalue weighted by Gasteiger charge is -2.35. The van der Waals surface area contributed by atoms with Gasteiger partial charge in [-0.05, 0) is 34.7 Å². The van der Waals surface area contributed by atoms with Crippen molar-refractivity contribution in [3.63, 3.8) is 0 Å². The third-order valence-corrected chi connectivity index (χ3v) is 3.48. The van der Waals surface area contributed by atoms with E-state index < -0.39 is 12.0 Å². The van der Waals surface area contributed by atoms with Gasteiger partial charge in [0.25, 0.3) is 11.8 Å². The van der Waals surface area contributed by atoms with Crippen LogP contribution in [0.25, 0.3) is 0 Å². The first kappa shape index (κ1) is 11.8. The monoisotopic (exact) mass is 337 g/mol. The average molecular weight is 337 g/mol. The average Bonchev–Trinajstić information content (AvgIpc) is 2.15. The van der Waals surface area contributed by atoms with Crippen LogP contribution in [0.2, 0.25) is 0 Å². The number of carbonyl (C=O) groups excluding carboxylic acids is 1. The molecular formula is C11H10F2INO. The molecule has 0 atom stereocenters. The van der Waals surface area contributed by atoms with Crippen LogP contribution in [0.5, 0.6) is 0 Å². The molecule has 0 heterocycles. The van der Waals surface area contributed by atoms with Gasteiger partial charge in [0.15, 0.2) is 0 Å². The Labute approximate surface area is 106 Å². The number of halogens is 3. The van der Waals surface area contributed by atoms with Crippen LogP contribution in [0.15, 0.2) is 24.3 Å². The van der Waals surface area contributed by atoms with Crippen LogP contribution in [0.4, 0.5) is 8.78 Å². The van der Waals surface area contributed by atoms with Crippen molar-refractivity contribution in [2.45, 2.75) is 24.8 Å². The third-order valence-electron chi connectivity index (χ3n) is 2.54. The SMILES string of the molecule is O=C(NC1CC(F)(F)C1)c1ccccc1I. The van der Waals surface area contributed by atoms with Gasteiger partial charge in [-0.3, -0.25) is 4.79 Å². The molecule has 1 amide bonds. The summed E-state index contributed by atoms with van der Waals surface area (Å²) in [5.41, 5.74) is 0.540. The van der Waals surface area contributed by atoms with Crippen LogP contribution in [0.3, 0.4) is 0 Å². The van der Waals surface area contributed by atoms with E-state index in [1.165, 1.54) is 0 Å². The Morgan fingerprint density at radius 3 is 2.56 bits per heavy atom. The molecule has 1 fully saturated rings. The van der Waals surface area contributed by atoms with E-state index in [9.17, 15) is 13.6 Å². The van der Waals surface area contributed by atoms with E-state index in [0.717, 1.165) is 3.57 Å². The first-order valence-corrected chi connectivity index (χ1v) is 5.99. The topological polar surface area (TPSA) is 29.1 Å². The molecular weight excluding hydrogens is 327 g/mol. The van der Waals surface area contributed by atoms with Crippen molar-refractivity contribution in [3.05, 3.63) is 33.4 Å². The maximum Gasteiger partial charge on any atom is 0.252 e. The number of benzene rings is 1. The summed E-state index contributed by atoms with van der Waals surface area (Å²) >= 11 is 2.05. The molecule has 1 aromatic carbocycles. The van der Waals surface area contributed by atoms with Crippen LogP contribution < -0.4 is 5.32 Å². The summed E-state index contributed by atoms with van der Waals surface area (Å²) in [5, 5.41) is 2.61. The summed E-state index contributed by atoms with van der Waals surface area (Å²) in [7, 11) is 0. The molecule has 0 aromatic heterocycles. The zero-order valence-corrected chi connectivity index (χ0v) is 10.5. The maximum absolute atomic E-state index is 12.6. The third kappa shape index (κ3) is 2.50. The fourth-order valence-electron chi connectivity index (χ4n) is 1.67. The van der Waals surface area contributed by atoms with Gasteiger partial charge in [0.1, 0.15) is 0 Å². The number of amides is 1. The highest BCUT2D eigenvalue weighted by Gasteiger charge is 2.45. The molecule has 0 spiro atoms. The van der Waals surface area contributed by atoms with Gasteiger partial charge >= 0.3 is 0 Å². The highest BCUT2D eigenvalue weighted by molar-refractivity contribution is 14.1. The van der Waals surface area contributed by atoms with E-state index in [1.54, 1.807) is 12.1 Å². The summed E-state index contributed by atoms with van der Waals surface area (Å²) in [6, 6.07) is 6.69. The zero-order chi connectivity index (χ0) is 11.8. The largest absolute Gasteiger partial charge is 0.349 e. The standard InChI is InChI=1S/C11H10F2INO/c12-11(13)5-7(6-11)15-10(16)8-3-1-2-4-9(8)14/h1-4,7H,5-6H2,(H,15,16). The maximum atomic E-state index is 12.6. The van der Waals surface area contributed by atoms with Crippen LogP contribution in [-0.2, 0) is 0 Å². The molecule has 0 saturated heterocycles. The zero-order valence-electron chi connectivity index (χ0n) is 8.34. The summed E-state index contributed by atoms with van der Waals surface area (Å²) < 4.78 is 26.0. The minimum Gasteiger partial charge on any atom is -0.349 e. The number of alkyl halides is 2. The first-order chi connectivity index (χ1) is 7.48. The van der Waals surface area contributed by atoms with Crippen molar-refractivity contribution >= 4 is 28.5 Å². The molecule has 0 unspecified atom stereocenters. The van der Waals surface area contributed by atoms with E-state index in [0.29, 0.717) is 5.56 Å². The van der Waals surface area contributed by atoms with Gasteiger partial charge in [-0.2, -0.15) is 0 Å². The lowest BCUT2D eigenvalue weighted by molar-refractivity contribution is -0.0901. The lowest BCUT2D eigenvalue weighted by atomic mass is 9.88. The Morgan fingerprint density at radius 2 is 2.00 bits per heavy atom. The molecule has 1 aliphatic carbocycles. The smallest absolute Gasteiger partial charge is 0.252 e. The van der Waals surface area contributed by atoms with Gasteiger partial charge in [-0.1, -0.05) is 12.1 Å². The van der Waals surface area contributed by atoms with Crippen molar-refractivity contribution < 1.29 is 13.6 Å². The Hall–Kier alpha value is -0.720. The van der Waals surface area contributed by atoms with Crippen molar-refractivity contribution in [2.75, 3.05) is 0 Å². The number of rotatable bonds is 2. The molecule has 1 aromatic rings. The first-order valence-electron chi connectivity index (χ1n) is 4.91. The lowest BCUT2D eigenvalue weighted by Crippen LogP contribution is -2.50. The molecule has 1 aliphatic rings. The van der Waals surface area contributed by atoms with Gasteiger partial charge < -0.3 is 5.32 Å². The Balaban J connectivity index is 1.97. The molecule has 0 radical (unpaired) electrons. The summed E-state index contributed by atoms with van der Waals surface area (Å²) in [5.74, 6) is -2.87. The highest BCUT2D eigenvalue weighted by atomic mass is 127. The Bertz CT molecular complexity index is 414. The second kappa shape index (κ2) is 4.27. The molecule has 2 nitrogen and oxygen atoms in total. The summed E-state index contributed by atoms with van der Waals surface area (Å²) in [6.45, 7) is 0. The van der Waals surface area contributed by atoms with Crippen molar-refractivity contribution in [1.82, 2.24) is 5.32 Å². The van der Waals surface area contributed by atoms with E-state index in [4.69, 9.17) is 0 Å². The van der Waals surface area contributed by atoms with Crippen LogP contribution in [0.1, 0.15) is 23.2 Å². The van der Waals surface area contributed by atoms with Gasteiger partial charge in [0.2, 0.25) is 0 Å². The summed E-state index contributed by atoms with van der Waals surface area (Å²) in [6.07, 6.45) is -0.496. The molecule has 2 rings (SSSR count). The van der Waals surface area contributed by atoms with Gasteiger partial charge in [0.05, 0.1) is 5.56 Å². The Morgan fingerprint density at radius 1 is 1.38 bits per heavy atom. The molecule has 1 saturated carbocycles. The van der Waals surface area contributed by atoms with E-state index in [2.05, 4.69) is 27.9 Å². The molecule has 86 valence electrons. The van der Waals surface area contributed by atoms with Gasteiger partial charge in [-0.15, -0.1) is 0 Å². The van der Waals surface area contributed by atoms with Crippen LogP contribution in [-0.4, -0.2) is 17.9 Å². The summed E-state index contributed by atoms with van der Waals surface area (Å²) in [4.78, 5) is 11.7. The van der Waals surface area contributed by atoms with E-state index in [-0.39, 0.29) is 18.7 Å². The molecule has 0 aliphatic heterocycles. The normalized spacial score (nSPS) is 18.9. The molecule has 0 bridgehead atoms. The fraction of sp³-hybridized carbons (Fsp3) is 0.364. The van der Waals surface area contributed by atoms with Crippen LogP contribution in [0, 0.1) is 3.57 Å². The molecule has 1 N–H and O–H groups in total. The van der Waals surface area contributed by atoms with Crippen molar-refractivity contribution in [2.24, 2.45) is 0 Å². The second-order valence-corrected chi connectivity index (χ2v) is 5.08. The second-order valence-electron chi connectivity index (χ2n) is 3.91. The predicted octanol–water partition coefficient (Wildman–Crippen LogP) is 2.82. The fourth-order valence-corrected chi connectivity index (χ4v) is 2.30. The van der Waals surface area contributed by atoms with Crippen molar-refractivity contribution in [3.8, 4) is 0 Å². The van der Waals surface area contributed by atoms with E-state index >= 15 is 0 Å². The number of carbonyl (C=O) groups is 1. The number of hydrogen-bond acceptors (Lipinski definition) is 1. The minimum absolute atomic E-state index is 0.248. The molecule has 5 heteroatoms. The quantitative estimate of drug-likeness (QED) is 0.827. The minimum atomic E-state index is -2.60. The number of nitrogens with one attached hydrogen (secondary N) is 1. The van der Waals surface area contributed by atoms with Crippen molar-refractivity contribution in [1.29, 1.82) is 0 Å². The predicted molar refractivity (Wildman–Crippen MR) is 64.6 cm³/mol. The van der Waals surface area contributed by atoms with Crippen LogP contribution >= 0.6 is 22.6 Å². The Kier molecular flexibility index (Phi) is 3.14. The molecule has 16 heavy (non-hydrogen) atoms. The highest BCUT2D eigenvalue weighted by Crippen LogP contribution is 2.37. The number of hydrogen-bond donors (Lipinski definition) is 1. The van der Waals surface area contributed by atoms with Gasteiger partial charge in [-0.25, -0.2) is 8.78 Å².